The van der Waals surface area contributed by atoms with E-state index in [1.54, 1.807) is 14.0 Å². The molecule has 0 aliphatic carbocycles. The van der Waals surface area contributed by atoms with Gasteiger partial charge < -0.3 is 25.2 Å². The number of rotatable bonds is 9. The van der Waals surface area contributed by atoms with Gasteiger partial charge in [0.25, 0.3) is 0 Å². The van der Waals surface area contributed by atoms with Crippen molar-refractivity contribution in [1.29, 1.82) is 0 Å². The van der Waals surface area contributed by atoms with Gasteiger partial charge in [-0.15, -0.1) is 24.0 Å². The Morgan fingerprint density at radius 3 is 2.57 bits per heavy atom. The number of nitrogens with zero attached hydrogens (tertiary/aromatic N) is 3. The fourth-order valence-electron chi connectivity index (χ4n) is 2.31. The van der Waals surface area contributed by atoms with Gasteiger partial charge in [0.1, 0.15) is 5.60 Å². The zero-order chi connectivity index (χ0) is 20.3. The second-order valence-corrected chi connectivity index (χ2v) is 7.35. The van der Waals surface area contributed by atoms with Crippen molar-refractivity contribution >= 4 is 36.0 Å². The van der Waals surface area contributed by atoms with Crippen molar-refractivity contribution in [3.05, 3.63) is 11.7 Å². The zero-order valence-corrected chi connectivity index (χ0v) is 20.1. The van der Waals surface area contributed by atoms with Gasteiger partial charge in [0.05, 0.1) is 0 Å². The van der Waals surface area contributed by atoms with Crippen LogP contribution in [0.2, 0.25) is 0 Å². The number of unbranched alkanes of at least 4 members (excludes halogenated alkanes) is 1. The van der Waals surface area contributed by atoms with Crippen LogP contribution in [0.15, 0.2) is 9.52 Å². The third-order valence-electron chi connectivity index (χ3n) is 3.56. The Morgan fingerprint density at radius 2 is 2.04 bits per heavy atom. The minimum Gasteiger partial charge on any atom is -0.444 e. The van der Waals surface area contributed by atoms with Crippen molar-refractivity contribution in [3.63, 3.8) is 0 Å². The number of ether oxygens (including phenoxy) is 1. The van der Waals surface area contributed by atoms with E-state index in [1.165, 1.54) is 0 Å². The smallest absolute Gasteiger partial charge is 0.407 e. The minimum atomic E-state index is -0.513. The number of guanidine groups is 1. The van der Waals surface area contributed by atoms with Gasteiger partial charge in [-0.2, -0.15) is 4.98 Å². The number of amides is 1. The molecule has 0 spiro atoms. The van der Waals surface area contributed by atoms with Crippen LogP contribution in [0.25, 0.3) is 0 Å². The first-order valence-electron chi connectivity index (χ1n) is 9.46. The summed E-state index contributed by atoms with van der Waals surface area (Å²) in [6.07, 6.45) is 3.23. The fraction of sp³-hybridized carbons (Fsp3) is 0.778. The molecule has 1 aromatic heterocycles. The number of aromatic nitrogens is 2. The first-order valence-corrected chi connectivity index (χ1v) is 9.46. The highest BCUT2D eigenvalue weighted by molar-refractivity contribution is 14.0. The van der Waals surface area contributed by atoms with Crippen LogP contribution in [-0.2, 0) is 11.2 Å². The first-order chi connectivity index (χ1) is 12.7. The number of hydrogen-bond acceptors (Lipinski definition) is 6. The van der Waals surface area contributed by atoms with Gasteiger partial charge in [-0.1, -0.05) is 24.9 Å². The molecule has 9 nitrogen and oxygen atoms in total. The van der Waals surface area contributed by atoms with E-state index in [1.807, 2.05) is 20.8 Å². The Kier molecular flexibility index (Phi) is 12.8. The molecule has 0 aromatic carbocycles. The number of aliphatic imine (C=N–C) groups is 1. The molecule has 162 valence electrons. The Labute approximate surface area is 184 Å². The van der Waals surface area contributed by atoms with Crippen LogP contribution in [0.4, 0.5) is 4.79 Å². The molecule has 10 heteroatoms. The molecule has 1 amide bonds. The van der Waals surface area contributed by atoms with Crippen molar-refractivity contribution < 1.29 is 14.1 Å². The number of carbonyl (C=O) groups excluding carboxylic acids is 1. The summed E-state index contributed by atoms with van der Waals surface area (Å²) in [7, 11) is 1.71. The van der Waals surface area contributed by atoms with Gasteiger partial charge >= 0.3 is 6.09 Å². The van der Waals surface area contributed by atoms with E-state index in [0.717, 1.165) is 19.3 Å². The summed E-state index contributed by atoms with van der Waals surface area (Å²) >= 11 is 0. The maximum atomic E-state index is 11.9. The van der Waals surface area contributed by atoms with E-state index >= 15 is 0 Å². The van der Waals surface area contributed by atoms with Crippen LogP contribution in [-0.4, -0.2) is 54.0 Å². The molecule has 3 N–H and O–H groups in total. The molecule has 28 heavy (non-hydrogen) atoms. The predicted octanol–water partition coefficient (Wildman–Crippen LogP) is 2.79. The number of hydrogen-bond donors (Lipinski definition) is 3. The minimum absolute atomic E-state index is 0. The Bertz CT molecular complexity index is 600. The maximum Gasteiger partial charge on any atom is 0.407 e. The monoisotopic (exact) mass is 510 g/mol. The number of aryl methyl sites for hydroxylation is 1. The van der Waals surface area contributed by atoms with Crippen LogP contribution in [0.5, 0.6) is 0 Å². The highest BCUT2D eigenvalue weighted by Gasteiger charge is 2.18. The number of alkyl carbamates (subject to hydrolysis) is 1. The summed E-state index contributed by atoms with van der Waals surface area (Å²) in [6.45, 7) is 10.5. The number of halogens is 1. The quantitative estimate of drug-likeness (QED) is 0.266. The van der Waals surface area contributed by atoms with E-state index < -0.39 is 11.7 Å². The number of nitrogens with one attached hydrogen (secondary N) is 3. The SMILES string of the molecule is CCCCC(CNC(=O)OC(C)(C)C)NC(=NC)NCCc1nc(C)no1.I. The lowest BCUT2D eigenvalue weighted by molar-refractivity contribution is 0.0522. The molecule has 0 saturated heterocycles. The maximum absolute atomic E-state index is 11.9. The van der Waals surface area contributed by atoms with E-state index in [0.29, 0.717) is 37.2 Å². The molecule has 1 rings (SSSR count). The molecular weight excluding hydrogens is 475 g/mol. The number of carbonyl (C=O) groups is 1. The molecule has 0 radical (unpaired) electrons. The highest BCUT2D eigenvalue weighted by atomic mass is 127. The van der Waals surface area contributed by atoms with E-state index in [2.05, 4.69) is 38.0 Å². The van der Waals surface area contributed by atoms with Crippen molar-refractivity contribution in [2.75, 3.05) is 20.1 Å². The van der Waals surface area contributed by atoms with E-state index in [9.17, 15) is 4.79 Å². The van der Waals surface area contributed by atoms with Crippen LogP contribution < -0.4 is 16.0 Å². The van der Waals surface area contributed by atoms with Gasteiger partial charge in [-0.25, -0.2) is 4.79 Å². The lowest BCUT2D eigenvalue weighted by Crippen LogP contribution is -2.49. The average molecular weight is 510 g/mol. The summed E-state index contributed by atoms with van der Waals surface area (Å²) in [5, 5.41) is 13.2. The summed E-state index contributed by atoms with van der Waals surface area (Å²) in [4.78, 5) is 20.3. The molecule has 0 aliphatic rings. The topological polar surface area (TPSA) is 114 Å². The van der Waals surface area contributed by atoms with Crippen LogP contribution >= 0.6 is 24.0 Å². The molecule has 1 heterocycles. The normalized spacial score (nSPS) is 12.7. The molecule has 1 atom stereocenters. The lowest BCUT2D eigenvalue weighted by Gasteiger charge is -2.24. The van der Waals surface area contributed by atoms with Crippen LogP contribution in [0.1, 0.15) is 58.7 Å². The lowest BCUT2D eigenvalue weighted by atomic mass is 10.1. The zero-order valence-electron chi connectivity index (χ0n) is 17.8. The Morgan fingerprint density at radius 1 is 1.32 bits per heavy atom. The van der Waals surface area contributed by atoms with Gasteiger partial charge in [-0.05, 0) is 34.1 Å². The molecule has 1 unspecified atom stereocenters. The second-order valence-electron chi connectivity index (χ2n) is 7.35. The van der Waals surface area contributed by atoms with Gasteiger partial charge in [0, 0.05) is 32.6 Å². The molecule has 0 saturated carbocycles. The largest absolute Gasteiger partial charge is 0.444 e. The highest BCUT2D eigenvalue weighted by Crippen LogP contribution is 2.07. The summed E-state index contributed by atoms with van der Waals surface area (Å²) in [5.41, 5.74) is -0.513. The van der Waals surface area contributed by atoms with Crippen molar-refractivity contribution in [2.45, 2.75) is 71.9 Å². The Hall–Kier alpha value is -1.59. The standard InChI is InChI=1S/C18H34N6O3.HI/c1-7-8-9-14(12-21-17(25)26-18(3,4)5)23-16(19-6)20-11-10-15-22-13(2)24-27-15;/h14H,7-12H2,1-6H3,(H,21,25)(H2,19,20,23);1H. The van der Waals surface area contributed by atoms with Crippen LogP contribution in [0.3, 0.4) is 0 Å². The second kappa shape index (κ2) is 13.6. The van der Waals surface area contributed by atoms with Crippen molar-refractivity contribution in [1.82, 2.24) is 26.1 Å². The predicted molar refractivity (Wildman–Crippen MR) is 120 cm³/mol. The molecular formula is C18H35IN6O3. The van der Waals surface area contributed by atoms with Crippen LogP contribution in [0, 0.1) is 6.92 Å². The molecule has 1 aromatic rings. The van der Waals surface area contributed by atoms with Gasteiger partial charge in [0.15, 0.2) is 11.8 Å². The third kappa shape index (κ3) is 12.0. The average Bonchev–Trinajstić information content (AvgIpc) is 2.99. The van der Waals surface area contributed by atoms with Gasteiger partial charge in [0.2, 0.25) is 5.89 Å². The van der Waals surface area contributed by atoms with Crippen molar-refractivity contribution in [2.24, 2.45) is 4.99 Å². The molecule has 0 aliphatic heterocycles. The summed E-state index contributed by atoms with van der Waals surface area (Å²) in [5.74, 6) is 1.88. The first kappa shape index (κ1) is 26.4. The van der Waals surface area contributed by atoms with Gasteiger partial charge in [-0.3, -0.25) is 4.99 Å². The Balaban J connectivity index is 0.00000729. The van der Waals surface area contributed by atoms with Crippen molar-refractivity contribution in [3.8, 4) is 0 Å². The fourth-order valence-corrected chi connectivity index (χ4v) is 2.31. The summed E-state index contributed by atoms with van der Waals surface area (Å²) in [6, 6.07) is 0.0503. The molecule has 0 fully saturated rings. The van der Waals surface area contributed by atoms with E-state index in [4.69, 9.17) is 9.26 Å². The third-order valence-corrected chi connectivity index (χ3v) is 3.56. The van der Waals surface area contributed by atoms with E-state index in [-0.39, 0.29) is 30.0 Å². The summed E-state index contributed by atoms with van der Waals surface area (Å²) < 4.78 is 10.4. The molecule has 0 bridgehead atoms.